The van der Waals surface area contributed by atoms with Crippen molar-refractivity contribution in [1.29, 1.82) is 0 Å². The first-order chi connectivity index (χ1) is 14.0. The standard InChI is InChI=1S/C25H24FNO2/c1-18(2)27-22-11-9-8-10-21(22)25(19-14-16-20(26)17-15-19)23(27)12-6-4-5-7-13-24(28)29-3/h4-18H,1-3H3. The smallest absolute Gasteiger partial charge is 0.330 e. The molecule has 1 heterocycles. The van der Waals surface area contributed by atoms with E-state index in [1.54, 1.807) is 12.2 Å². The first kappa shape index (κ1) is 20.3. The Morgan fingerprint density at radius 3 is 2.38 bits per heavy atom. The summed E-state index contributed by atoms with van der Waals surface area (Å²) in [5.74, 6) is -0.643. The number of allylic oxidation sites excluding steroid dienone is 4. The number of esters is 1. The number of ether oxygens (including phenoxy) is 1. The van der Waals surface area contributed by atoms with Crippen LogP contribution in [0.1, 0.15) is 25.6 Å². The summed E-state index contributed by atoms with van der Waals surface area (Å²) < 4.78 is 20.3. The van der Waals surface area contributed by atoms with Crippen molar-refractivity contribution in [1.82, 2.24) is 4.57 Å². The molecule has 0 amide bonds. The number of fused-ring (bicyclic) bond motifs is 1. The Bertz CT molecular complexity index is 1090. The predicted octanol–water partition coefficient (Wildman–Crippen LogP) is 6.33. The van der Waals surface area contributed by atoms with Gasteiger partial charge in [0, 0.05) is 34.3 Å². The van der Waals surface area contributed by atoms with E-state index in [1.165, 1.54) is 25.3 Å². The Morgan fingerprint density at radius 2 is 1.69 bits per heavy atom. The Kier molecular flexibility index (Phi) is 6.45. The molecule has 0 atom stereocenters. The molecule has 3 rings (SSSR count). The van der Waals surface area contributed by atoms with Gasteiger partial charge in [0.1, 0.15) is 5.82 Å². The Balaban J connectivity index is 2.10. The van der Waals surface area contributed by atoms with Gasteiger partial charge < -0.3 is 9.30 Å². The van der Waals surface area contributed by atoms with Gasteiger partial charge in [0.2, 0.25) is 0 Å². The molecule has 0 aliphatic rings. The van der Waals surface area contributed by atoms with E-state index in [0.717, 1.165) is 27.7 Å². The summed E-state index contributed by atoms with van der Waals surface area (Å²) in [6.45, 7) is 4.29. The number of aromatic nitrogens is 1. The van der Waals surface area contributed by atoms with Gasteiger partial charge >= 0.3 is 5.97 Å². The fraction of sp³-hybridized carbons (Fsp3) is 0.160. The molecule has 0 saturated carbocycles. The van der Waals surface area contributed by atoms with Crippen molar-refractivity contribution in [2.45, 2.75) is 19.9 Å². The van der Waals surface area contributed by atoms with E-state index >= 15 is 0 Å². The number of hydrogen-bond acceptors (Lipinski definition) is 2. The van der Waals surface area contributed by atoms with Crippen LogP contribution in [0, 0.1) is 5.82 Å². The number of nitrogens with zero attached hydrogens (tertiary/aromatic N) is 1. The molecule has 0 N–H and O–H groups in total. The van der Waals surface area contributed by atoms with E-state index in [4.69, 9.17) is 0 Å². The van der Waals surface area contributed by atoms with Crippen LogP contribution in [0.5, 0.6) is 0 Å². The molecule has 0 radical (unpaired) electrons. The van der Waals surface area contributed by atoms with Gasteiger partial charge in [-0.3, -0.25) is 0 Å². The lowest BCUT2D eigenvalue weighted by Crippen LogP contribution is -2.02. The second-order valence-electron chi connectivity index (χ2n) is 6.87. The van der Waals surface area contributed by atoms with Gasteiger partial charge in [0.15, 0.2) is 0 Å². The third-order valence-electron chi connectivity index (χ3n) is 4.62. The fourth-order valence-electron chi connectivity index (χ4n) is 3.40. The van der Waals surface area contributed by atoms with E-state index in [2.05, 4.69) is 35.3 Å². The van der Waals surface area contributed by atoms with Gasteiger partial charge in [0.05, 0.1) is 7.11 Å². The molecule has 3 nitrogen and oxygen atoms in total. The van der Waals surface area contributed by atoms with Crippen LogP contribution in [0.3, 0.4) is 0 Å². The highest BCUT2D eigenvalue weighted by Crippen LogP contribution is 2.37. The molecule has 0 spiro atoms. The van der Waals surface area contributed by atoms with E-state index < -0.39 is 5.97 Å². The lowest BCUT2D eigenvalue weighted by atomic mass is 10.0. The van der Waals surface area contributed by atoms with Crippen LogP contribution in [0.4, 0.5) is 4.39 Å². The molecule has 0 saturated heterocycles. The van der Waals surface area contributed by atoms with Gasteiger partial charge in [-0.1, -0.05) is 54.6 Å². The second-order valence-corrected chi connectivity index (χ2v) is 6.87. The fourth-order valence-corrected chi connectivity index (χ4v) is 3.40. The van der Waals surface area contributed by atoms with E-state index in [9.17, 15) is 9.18 Å². The van der Waals surface area contributed by atoms with Crippen LogP contribution < -0.4 is 0 Å². The highest BCUT2D eigenvalue weighted by atomic mass is 19.1. The maximum absolute atomic E-state index is 13.5. The lowest BCUT2D eigenvalue weighted by molar-refractivity contribution is -0.134. The summed E-state index contributed by atoms with van der Waals surface area (Å²) in [5, 5.41) is 1.13. The van der Waals surface area contributed by atoms with Crippen molar-refractivity contribution in [3.8, 4) is 11.1 Å². The third-order valence-corrected chi connectivity index (χ3v) is 4.62. The first-order valence-corrected chi connectivity index (χ1v) is 9.51. The average molecular weight is 389 g/mol. The summed E-state index contributed by atoms with van der Waals surface area (Å²) in [5.41, 5.74) is 4.23. The number of halogens is 1. The first-order valence-electron chi connectivity index (χ1n) is 9.51. The minimum atomic E-state index is -0.392. The second kappa shape index (κ2) is 9.20. The zero-order valence-electron chi connectivity index (χ0n) is 16.8. The van der Waals surface area contributed by atoms with Crippen molar-refractivity contribution in [3.05, 3.63) is 90.4 Å². The minimum Gasteiger partial charge on any atom is -0.466 e. The topological polar surface area (TPSA) is 31.2 Å². The van der Waals surface area contributed by atoms with Gasteiger partial charge in [0.25, 0.3) is 0 Å². The number of para-hydroxylation sites is 1. The number of rotatable bonds is 6. The molecule has 0 fully saturated rings. The van der Waals surface area contributed by atoms with Gasteiger partial charge in [-0.2, -0.15) is 0 Å². The van der Waals surface area contributed by atoms with Crippen LogP contribution in [0.2, 0.25) is 0 Å². The Hall–Kier alpha value is -3.40. The maximum atomic E-state index is 13.5. The monoisotopic (exact) mass is 389 g/mol. The summed E-state index contributed by atoms with van der Waals surface area (Å²) in [4.78, 5) is 11.1. The average Bonchev–Trinajstić information content (AvgIpc) is 3.05. The molecule has 0 unspecified atom stereocenters. The minimum absolute atomic E-state index is 0.247. The van der Waals surface area contributed by atoms with E-state index in [-0.39, 0.29) is 11.9 Å². The van der Waals surface area contributed by atoms with E-state index in [0.29, 0.717) is 0 Å². The Labute approximate surface area is 170 Å². The predicted molar refractivity (Wildman–Crippen MR) is 117 cm³/mol. The van der Waals surface area contributed by atoms with E-state index in [1.807, 2.05) is 42.5 Å². The normalized spacial score (nSPS) is 12.2. The van der Waals surface area contributed by atoms with Crippen molar-refractivity contribution in [2.24, 2.45) is 0 Å². The molecular formula is C25H24FNO2. The van der Waals surface area contributed by atoms with Crippen LogP contribution in [-0.2, 0) is 9.53 Å². The molecule has 0 bridgehead atoms. The molecule has 29 heavy (non-hydrogen) atoms. The van der Waals surface area contributed by atoms with Crippen molar-refractivity contribution in [3.63, 3.8) is 0 Å². The zero-order chi connectivity index (χ0) is 20.8. The summed E-state index contributed by atoms with van der Waals surface area (Å²) in [6, 6.07) is 15.1. The van der Waals surface area contributed by atoms with Crippen LogP contribution >= 0.6 is 0 Å². The SMILES string of the molecule is COC(=O)C=CC=CC=Cc1c(-c2ccc(F)cc2)c2ccccc2n1C(C)C. The highest BCUT2D eigenvalue weighted by Gasteiger charge is 2.18. The molecule has 4 heteroatoms. The van der Waals surface area contributed by atoms with Crippen LogP contribution in [-0.4, -0.2) is 17.6 Å². The number of carbonyl (C=O) groups is 1. The highest BCUT2D eigenvalue weighted by molar-refractivity contribution is 6.01. The molecule has 3 aromatic rings. The van der Waals surface area contributed by atoms with Crippen molar-refractivity contribution in [2.75, 3.05) is 7.11 Å². The van der Waals surface area contributed by atoms with Crippen LogP contribution in [0.25, 0.3) is 28.1 Å². The quantitative estimate of drug-likeness (QED) is 0.280. The Morgan fingerprint density at radius 1 is 1.00 bits per heavy atom. The largest absolute Gasteiger partial charge is 0.466 e. The van der Waals surface area contributed by atoms with Crippen molar-refractivity contribution < 1.29 is 13.9 Å². The van der Waals surface area contributed by atoms with Gasteiger partial charge in [-0.15, -0.1) is 0 Å². The molecular weight excluding hydrogens is 365 g/mol. The number of hydrogen-bond donors (Lipinski definition) is 0. The molecule has 1 aromatic heterocycles. The molecule has 0 aliphatic heterocycles. The third kappa shape index (κ3) is 4.54. The maximum Gasteiger partial charge on any atom is 0.330 e. The van der Waals surface area contributed by atoms with Crippen molar-refractivity contribution >= 4 is 22.9 Å². The number of methoxy groups -OCH3 is 1. The summed E-state index contributed by atoms with van der Waals surface area (Å²) in [7, 11) is 1.35. The summed E-state index contributed by atoms with van der Waals surface area (Å²) in [6.07, 6.45) is 10.6. The van der Waals surface area contributed by atoms with Gasteiger partial charge in [-0.25, -0.2) is 9.18 Å². The van der Waals surface area contributed by atoms with Gasteiger partial charge in [-0.05, 0) is 43.7 Å². The number of carbonyl (C=O) groups excluding carboxylic acids is 1. The van der Waals surface area contributed by atoms with Crippen LogP contribution in [0.15, 0.2) is 78.9 Å². The zero-order valence-corrected chi connectivity index (χ0v) is 16.8. The lowest BCUT2D eigenvalue weighted by Gasteiger charge is -2.13. The molecule has 148 valence electrons. The summed E-state index contributed by atoms with van der Waals surface area (Å²) >= 11 is 0. The molecule has 2 aromatic carbocycles. The number of benzene rings is 2. The molecule has 0 aliphatic carbocycles.